The molecule has 0 radical (unpaired) electrons. The highest BCUT2D eigenvalue weighted by atomic mass is 16.5. The number of nitrogens with zero attached hydrogens (tertiary/aromatic N) is 1. The Hall–Kier alpha value is -1.10. The molecule has 120 valence electrons. The third-order valence-corrected chi connectivity index (χ3v) is 5.18. The number of carboxylic acid groups (broad SMARTS) is 1. The summed E-state index contributed by atoms with van der Waals surface area (Å²) in [6.07, 6.45) is 4.37. The number of carbonyl (C=O) groups excluding carboxylic acids is 1. The van der Waals surface area contributed by atoms with Crippen LogP contribution in [0, 0.1) is 11.3 Å². The number of hydrogen-bond acceptors (Lipinski definition) is 3. The van der Waals surface area contributed by atoms with Crippen LogP contribution < -0.4 is 0 Å². The van der Waals surface area contributed by atoms with Gasteiger partial charge in [-0.05, 0) is 38.5 Å². The van der Waals surface area contributed by atoms with Gasteiger partial charge in [0.15, 0.2) is 0 Å². The zero-order chi connectivity index (χ0) is 15.6. The van der Waals surface area contributed by atoms with Crippen LogP contribution in [0.4, 0.5) is 0 Å². The first-order valence-electron chi connectivity index (χ1n) is 8.02. The first kappa shape index (κ1) is 16.3. The lowest BCUT2D eigenvalue weighted by atomic mass is 9.76. The van der Waals surface area contributed by atoms with Crippen LogP contribution in [-0.4, -0.2) is 47.2 Å². The molecule has 5 heteroatoms. The van der Waals surface area contributed by atoms with Crippen LogP contribution in [-0.2, 0) is 14.3 Å². The Balaban J connectivity index is 1.85. The van der Waals surface area contributed by atoms with Crippen molar-refractivity contribution in [3.8, 4) is 0 Å². The molecule has 0 saturated carbocycles. The normalized spacial score (nSPS) is 32.9. The molecule has 3 atom stereocenters. The van der Waals surface area contributed by atoms with Crippen molar-refractivity contribution in [2.45, 2.75) is 65.1 Å². The van der Waals surface area contributed by atoms with Crippen molar-refractivity contribution in [1.29, 1.82) is 0 Å². The molecule has 0 bridgehead atoms. The van der Waals surface area contributed by atoms with Gasteiger partial charge < -0.3 is 14.7 Å². The second-order valence-corrected chi connectivity index (χ2v) is 6.87. The molecule has 3 unspecified atom stereocenters. The quantitative estimate of drug-likeness (QED) is 0.845. The summed E-state index contributed by atoms with van der Waals surface area (Å²) in [4.78, 5) is 25.6. The van der Waals surface area contributed by atoms with E-state index in [2.05, 4.69) is 6.92 Å². The number of hydrogen-bond donors (Lipinski definition) is 1. The fourth-order valence-electron chi connectivity index (χ4n) is 3.48. The molecule has 1 N–H and O–H groups in total. The summed E-state index contributed by atoms with van der Waals surface area (Å²) in [7, 11) is 0. The second kappa shape index (κ2) is 6.34. The average Bonchev–Trinajstić information content (AvgIpc) is 3.03. The number of aliphatic carboxylic acids is 1. The molecule has 2 rings (SSSR count). The van der Waals surface area contributed by atoms with Gasteiger partial charge >= 0.3 is 5.97 Å². The SMILES string of the molecule is CC1CCC(CCC(=O)N2CCC(C(=O)O)(C(C)C)C2)O1. The Labute approximate surface area is 126 Å². The van der Waals surface area contributed by atoms with Crippen molar-refractivity contribution in [2.75, 3.05) is 13.1 Å². The van der Waals surface area contributed by atoms with E-state index in [0.29, 0.717) is 32.0 Å². The molecule has 2 aliphatic heterocycles. The van der Waals surface area contributed by atoms with E-state index in [1.807, 2.05) is 13.8 Å². The number of carbonyl (C=O) groups is 2. The second-order valence-electron chi connectivity index (χ2n) is 6.87. The number of amides is 1. The van der Waals surface area contributed by atoms with Crippen molar-refractivity contribution in [3.05, 3.63) is 0 Å². The van der Waals surface area contributed by atoms with Crippen LogP contribution in [0.25, 0.3) is 0 Å². The molecule has 0 aromatic carbocycles. The molecule has 2 aliphatic rings. The minimum Gasteiger partial charge on any atom is -0.481 e. The zero-order valence-electron chi connectivity index (χ0n) is 13.3. The standard InChI is InChI=1S/C16H27NO4/c1-11(2)16(15(19)20)8-9-17(10-16)14(18)7-6-13-5-4-12(3)21-13/h11-13H,4-10H2,1-3H3,(H,19,20). The van der Waals surface area contributed by atoms with Gasteiger partial charge in [0.05, 0.1) is 17.6 Å². The zero-order valence-corrected chi connectivity index (χ0v) is 13.3. The van der Waals surface area contributed by atoms with E-state index in [-0.39, 0.29) is 17.9 Å². The summed E-state index contributed by atoms with van der Waals surface area (Å²) < 4.78 is 5.73. The predicted octanol–water partition coefficient (Wildman–Crippen LogP) is 2.29. The minimum atomic E-state index is -0.777. The Kier molecular flexibility index (Phi) is 4.91. The Bertz CT molecular complexity index is 409. The predicted molar refractivity (Wildman–Crippen MR) is 78.9 cm³/mol. The van der Waals surface area contributed by atoms with Crippen LogP contribution in [0.1, 0.15) is 52.9 Å². The van der Waals surface area contributed by atoms with E-state index in [9.17, 15) is 14.7 Å². The van der Waals surface area contributed by atoms with E-state index in [4.69, 9.17) is 4.74 Å². The monoisotopic (exact) mass is 297 g/mol. The van der Waals surface area contributed by atoms with Gasteiger partial charge in [-0.3, -0.25) is 9.59 Å². The van der Waals surface area contributed by atoms with Crippen molar-refractivity contribution in [1.82, 2.24) is 4.90 Å². The third-order valence-electron chi connectivity index (χ3n) is 5.18. The van der Waals surface area contributed by atoms with Gasteiger partial charge in [0, 0.05) is 19.5 Å². The highest BCUT2D eigenvalue weighted by Crippen LogP contribution is 2.38. The molecule has 2 fully saturated rings. The van der Waals surface area contributed by atoms with Crippen molar-refractivity contribution >= 4 is 11.9 Å². The van der Waals surface area contributed by atoms with Crippen LogP contribution in [0.3, 0.4) is 0 Å². The fraction of sp³-hybridized carbons (Fsp3) is 0.875. The molecule has 0 spiro atoms. The molecule has 0 aliphatic carbocycles. The van der Waals surface area contributed by atoms with Crippen LogP contribution >= 0.6 is 0 Å². The van der Waals surface area contributed by atoms with Crippen molar-refractivity contribution in [2.24, 2.45) is 11.3 Å². The molecule has 0 aromatic rings. The molecule has 21 heavy (non-hydrogen) atoms. The average molecular weight is 297 g/mol. The number of ether oxygens (including phenoxy) is 1. The molecular weight excluding hydrogens is 270 g/mol. The van der Waals surface area contributed by atoms with Gasteiger partial charge in [-0.2, -0.15) is 0 Å². The lowest BCUT2D eigenvalue weighted by Gasteiger charge is -2.28. The first-order chi connectivity index (χ1) is 9.85. The van der Waals surface area contributed by atoms with E-state index >= 15 is 0 Å². The summed E-state index contributed by atoms with van der Waals surface area (Å²) in [5, 5.41) is 9.51. The fourth-order valence-corrected chi connectivity index (χ4v) is 3.48. The number of likely N-dealkylation sites (tertiary alicyclic amines) is 1. The summed E-state index contributed by atoms with van der Waals surface area (Å²) in [6, 6.07) is 0. The molecular formula is C16H27NO4. The summed E-state index contributed by atoms with van der Waals surface area (Å²) in [5.74, 6) is -0.672. The maximum absolute atomic E-state index is 12.3. The van der Waals surface area contributed by atoms with E-state index in [1.165, 1.54) is 0 Å². The Morgan fingerprint density at radius 2 is 2.10 bits per heavy atom. The summed E-state index contributed by atoms with van der Waals surface area (Å²) in [6.45, 7) is 6.82. The molecule has 1 amide bonds. The number of rotatable bonds is 5. The third kappa shape index (κ3) is 3.39. The highest BCUT2D eigenvalue weighted by Gasteiger charge is 2.48. The topological polar surface area (TPSA) is 66.8 Å². The van der Waals surface area contributed by atoms with Crippen LogP contribution in [0.5, 0.6) is 0 Å². The molecule has 2 saturated heterocycles. The van der Waals surface area contributed by atoms with Gasteiger partial charge in [-0.1, -0.05) is 13.8 Å². The van der Waals surface area contributed by atoms with E-state index < -0.39 is 11.4 Å². The maximum atomic E-state index is 12.3. The van der Waals surface area contributed by atoms with E-state index in [0.717, 1.165) is 19.3 Å². The van der Waals surface area contributed by atoms with Crippen LogP contribution in [0.2, 0.25) is 0 Å². The van der Waals surface area contributed by atoms with Crippen LogP contribution in [0.15, 0.2) is 0 Å². The molecule has 0 aromatic heterocycles. The summed E-state index contributed by atoms with van der Waals surface area (Å²) >= 11 is 0. The van der Waals surface area contributed by atoms with Gasteiger partial charge in [0.2, 0.25) is 5.91 Å². The highest BCUT2D eigenvalue weighted by molar-refractivity contribution is 5.80. The Morgan fingerprint density at radius 3 is 2.57 bits per heavy atom. The first-order valence-corrected chi connectivity index (χ1v) is 8.02. The van der Waals surface area contributed by atoms with E-state index in [1.54, 1.807) is 4.90 Å². The summed E-state index contributed by atoms with van der Waals surface area (Å²) in [5.41, 5.74) is -0.770. The molecule has 2 heterocycles. The maximum Gasteiger partial charge on any atom is 0.311 e. The lowest BCUT2D eigenvalue weighted by Crippen LogP contribution is -2.40. The van der Waals surface area contributed by atoms with Crippen molar-refractivity contribution in [3.63, 3.8) is 0 Å². The van der Waals surface area contributed by atoms with Gasteiger partial charge in [0.25, 0.3) is 0 Å². The Morgan fingerprint density at radius 1 is 1.38 bits per heavy atom. The largest absolute Gasteiger partial charge is 0.481 e. The number of carboxylic acids is 1. The van der Waals surface area contributed by atoms with Crippen molar-refractivity contribution < 1.29 is 19.4 Å². The van der Waals surface area contributed by atoms with Gasteiger partial charge in [0.1, 0.15) is 0 Å². The minimum absolute atomic E-state index is 0.0341. The van der Waals surface area contributed by atoms with Gasteiger partial charge in [-0.25, -0.2) is 0 Å². The van der Waals surface area contributed by atoms with Gasteiger partial charge in [-0.15, -0.1) is 0 Å². The molecule has 5 nitrogen and oxygen atoms in total. The lowest BCUT2D eigenvalue weighted by molar-refractivity contribution is -0.151. The smallest absolute Gasteiger partial charge is 0.311 e.